The second-order valence-corrected chi connectivity index (χ2v) is 4.33. The van der Waals surface area contributed by atoms with Crippen LogP contribution in [-0.2, 0) is 6.54 Å². The van der Waals surface area contributed by atoms with Gasteiger partial charge in [-0.25, -0.2) is 0 Å². The third-order valence-corrected chi connectivity index (χ3v) is 2.99. The molecule has 3 N–H and O–H groups in total. The minimum Gasteiger partial charge on any atom is -0.454 e. The minimum absolute atomic E-state index is 0.150. The molecule has 2 aromatic rings. The fourth-order valence-electron chi connectivity index (χ4n) is 1.93. The average molecular weight is 271 g/mol. The van der Waals surface area contributed by atoms with Crippen molar-refractivity contribution in [2.45, 2.75) is 6.54 Å². The molecule has 0 atom stereocenters. The number of nitrogen functional groups attached to an aromatic ring is 1. The molecule has 6 nitrogen and oxygen atoms in total. The Balaban J connectivity index is 1.74. The lowest BCUT2D eigenvalue weighted by Gasteiger charge is -2.08. The molecule has 0 bridgehead atoms. The highest BCUT2D eigenvalue weighted by Gasteiger charge is 2.19. The number of aromatic nitrogens is 1. The van der Waals surface area contributed by atoms with Gasteiger partial charge in [-0.15, -0.1) is 0 Å². The largest absolute Gasteiger partial charge is 0.454 e. The van der Waals surface area contributed by atoms with Crippen molar-refractivity contribution in [3.63, 3.8) is 0 Å². The van der Waals surface area contributed by atoms with Gasteiger partial charge in [0.1, 0.15) is 0 Å². The Labute approximate surface area is 115 Å². The molecule has 1 aliphatic heterocycles. The summed E-state index contributed by atoms with van der Waals surface area (Å²) in [5.74, 6) is 0.846. The number of anilines is 1. The van der Waals surface area contributed by atoms with E-state index < -0.39 is 0 Å². The zero-order valence-electron chi connectivity index (χ0n) is 10.6. The number of hydrogen-bond acceptors (Lipinski definition) is 5. The molecule has 20 heavy (non-hydrogen) atoms. The van der Waals surface area contributed by atoms with E-state index in [1.807, 2.05) is 12.1 Å². The first-order valence-electron chi connectivity index (χ1n) is 6.10. The van der Waals surface area contributed by atoms with E-state index in [0.29, 0.717) is 29.3 Å². The molecule has 2 heterocycles. The number of amides is 1. The molecule has 1 aromatic heterocycles. The van der Waals surface area contributed by atoms with Gasteiger partial charge in [-0.2, -0.15) is 0 Å². The molecular formula is C14H13N3O3. The fraction of sp³-hybridized carbons (Fsp3) is 0.143. The lowest BCUT2D eigenvalue weighted by atomic mass is 10.1. The third-order valence-electron chi connectivity index (χ3n) is 2.99. The van der Waals surface area contributed by atoms with Crippen LogP contribution in [0.4, 0.5) is 5.69 Å². The van der Waals surface area contributed by atoms with Crippen molar-refractivity contribution in [3.05, 3.63) is 47.8 Å². The lowest BCUT2D eigenvalue weighted by molar-refractivity contribution is 0.0951. The zero-order chi connectivity index (χ0) is 13.9. The minimum atomic E-state index is -0.252. The number of nitrogens with two attached hydrogens (primary N) is 1. The fourth-order valence-corrected chi connectivity index (χ4v) is 1.93. The quantitative estimate of drug-likeness (QED) is 0.822. The monoisotopic (exact) mass is 271 g/mol. The van der Waals surface area contributed by atoms with Gasteiger partial charge in [0.2, 0.25) is 6.79 Å². The second-order valence-electron chi connectivity index (χ2n) is 4.33. The van der Waals surface area contributed by atoms with Crippen LogP contribution in [-0.4, -0.2) is 17.7 Å². The highest BCUT2D eigenvalue weighted by molar-refractivity contribution is 6.00. The van der Waals surface area contributed by atoms with Gasteiger partial charge in [0.15, 0.2) is 11.5 Å². The number of benzene rings is 1. The summed E-state index contributed by atoms with van der Waals surface area (Å²) < 4.78 is 10.4. The van der Waals surface area contributed by atoms with Gasteiger partial charge in [0.25, 0.3) is 5.91 Å². The summed E-state index contributed by atoms with van der Waals surface area (Å²) in [7, 11) is 0. The molecule has 6 heteroatoms. The standard InChI is InChI=1S/C14H13N3O3/c15-11-6-13-12(19-8-20-13)5-10(11)14(18)17-7-9-1-3-16-4-2-9/h1-6H,7-8,15H2,(H,17,18). The molecule has 102 valence electrons. The van der Waals surface area contributed by atoms with Crippen LogP contribution in [0.2, 0.25) is 0 Å². The maximum Gasteiger partial charge on any atom is 0.253 e. The second kappa shape index (κ2) is 5.08. The van der Waals surface area contributed by atoms with Gasteiger partial charge in [-0.1, -0.05) is 0 Å². The number of hydrogen-bond donors (Lipinski definition) is 2. The summed E-state index contributed by atoms with van der Waals surface area (Å²) in [6, 6.07) is 6.87. The first kappa shape index (κ1) is 12.3. The van der Waals surface area contributed by atoms with E-state index in [-0.39, 0.29) is 12.7 Å². The van der Waals surface area contributed by atoms with Crippen molar-refractivity contribution in [2.24, 2.45) is 0 Å². The number of ether oxygens (including phenoxy) is 2. The first-order chi connectivity index (χ1) is 9.74. The predicted octanol–water partition coefficient (Wildman–Crippen LogP) is 1.32. The first-order valence-corrected chi connectivity index (χ1v) is 6.10. The van der Waals surface area contributed by atoms with E-state index in [0.717, 1.165) is 5.56 Å². The molecule has 0 saturated carbocycles. The van der Waals surface area contributed by atoms with Crippen molar-refractivity contribution in [3.8, 4) is 11.5 Å². The number of fused-ring (bicyclic) bond motifs is 1. The summed E-state index contributed by atoms with van der Waals surface area (Å²) in [6.45, 7) is 0.562. The van der Waals surface area contributed by atoms with Gasteiger partial charge in [0.05, 0.1) is 5.56 Å². The normalized spacial score (nSPS) is 12.2. The molecule has 1 aliphatic rings. The van der Waals surface area contributed by atoms with Crippen molar-refractivity contribution in [1.29, 1.82) is 0 Å². The Bertz CT molecular complexity index is 644. The summed E-state index contributed by atoms with van der Waals surface area (Å²) in [5.41, 5.74) is 7.56. The molecule has 0 aliphatic carbocycles. The number of carbonyl (C=O) groups excluding carboxylic acids is 1. The Hall–Kier alpha value is -2.76. The maximum atomic E-state index is 12.1. The van der Waals surface area contributed by atoms with Crippen molar-refractivity contribution in [2.75, 3.05) is 12.5 Å². The molecule has 0 spiro atoms. The Morgan fingerprint density at radius 2 is 1.95 bits per heavy atom. The average Bonchev–Trinajstić information content (AvgIpc) is 2.92. The Kier molecular flexibility index (Phi) is 3.12. The van der Waals surface area contributed by atoms with Gasteiger partial charge in [0, 0.05) is 30.7 Å². The topological polar surface area (TPSA) is 86.5 Å². The number of nitrogens with zero attached hydrogens (tertiary/aromatic N) is 1. The maximum absolute atomic E-state index is 12.1. The molecule has 1 amide bonds. The summed E-state index contributed by atoms with van der Waals surface area (Å²) in [4.78, 5) is 16.1. The van der Waals surface area contributed by atoms with E-state index in [4.69, 9.17) is 15.2 Å². The summed E-state index contributed by atoms with van der Waals surface area (Å²) in [5, 5.41) is 2.80. The molecule has 0 radical (unpaired) electrons. The van der Waals surface area contributed by atoms with Gasteiger partial charge >= 0.3 is 0 Å². The van der Waals surface area contributed by atoms with Gasteiger partial charge in [-0.05, 0) is 23.8 Å². The van der Waals surface area contributed by atoms with Crippen molar-refractivity contribution in [1.82, 2.24) is 10.3 Å². The van der Waals surface area contributed by atoms with Gasteiger partial charge < -0.3 is 20.5 Å². The molecule has 0 unspecified atom stereocenters. The lowest BCUT2D eigenvalue weighted by Crippen LogP contribution is -2.23. The summed E-state index contributed by atoms with van der Waals surface area (Å²) in [6.07, 6.45) is 3.35. The van der Waals surface area contributed by atoms with Crippen LogP contribution in [0.15, 0.2) is 36.7 Å². The van der Waals surface area contributed by atoms with Crippen LogP contribution in [0.1, 0.15) is 15.9 Å². The van der Waals surface area contributed by atoms with E-state index in [1.165, 1.54) is 0 Å². The highest BCUT2D eigenvalue weighted by Crippen LogP contribution is 2.35. The number of carbonyl (C=O) groups is 1. The Morgan fingerprint density at radius 3 is 2.70 bits per heavy atom. The van der Waals surface area contributed by atoms with E-state index in [1.54, 1.807) is 24.5 Å². The highest BCUT2D eigenvalue weighted by atomic mass is 16.7. The van der Waals surface area contributed by atoms with Crippen molar-refractivity contribution >= 4 is 11.6 Å². The molecule has 0 fully saturated rings. The molecule has 0 saturated heterocycles. The third kappa shape index (κ3) is 2.35. The van der Waals surface area contributed by atoms with Crippen LogP contribution in [0.25, 0.3) is 0 Å². The van der Waals surface area contributed by atoms with Gasteiger partial charge in [-0.3, -0.25) is 9.78 Å². The molecule has 1 aromatic carbocycles. The number of rotatable bonds is 3. The molecular weight excluding hydrogens is 258 g/mol. The van der Waals surface area contributed by atoms with Crippen LogP contribution in [0, 0.1) is 0 Å². The van der Waals surface area contributed by atoms with Crippen LogP contribution < -0.4 is 20.5 Å². The summed E-state index contributed by atoms with van der Waals surface area (Å²) >= 11 is 0. The van der Waals surface area contributed by atoms with E-state index >= 15 is 0 Å². The SMILES string of the molecule is Nc1cc2c(cc1C(=O)NCc1ccncc1)OCO2. The van der Waals surface area contributed by atoms with E-state index in [9.17, 15) is 4.79 Å². The van der Waals surface area contributed by atoms with Crippen LogP contribution in [0.3, 0.4) is 0 Å². The smallest absolute Gasteiger partial charge is 0.253 e. The molecule has 3 rings (SSSR count). The predicted molar refractivity (Wildman–Crippen MR) is 72.4 cm³/mol. The zero-order valence-corrected chi connectivity index (χ0v) is 10.6. The van der Waals surface area contributed by atoms with E-state index in [2.05, 4.69) is 10.3 Å². The van der Waals surface area contributed by atoms with Crippen LogP contribution >= 0.6 is 0 Å². The van der Waals surface area contributed by atoms with Crippen molar-refractivity contribution < 1.29 is 14.3 Å². The van der Waals surface area contributed by atoms with Crippen LogP contribution in [0.5, 0.6) is 11.5 Å². The Morgan fingerprint density at radius 1 is 1.25 bits per heavy atom. The number of nitrogens with one attached hydrogen (secondary N) is 1. The number of pyridine rings is 1.